The summed E-state index contributed by atoms with van der Waals surface area (Å²) in [6.07, 6.45) is 3.45. The van der Waals surface area contributed by atoms with Gasteiger partial charge in [-0.3, -0.25) is 9.59 Å². The molecule has 2 aromatic heterocycles. The van der Waals surface area contributed by atoms with Gasteiger partial charge < -0.3 is 49.3 Å². The molecule has 7 atom stereocenters. The molecule has 16 heteroatoms. The van der Waals surface area contributed by atoms with E-state index >= 15 is 0 Å². The number of rotatable bonds is 12. The number of amides is 4. The number of ether oxygens (including phenoxy) is 4. The summed E-state index contributed by atoms with van der Waals surface area (Å²) < 4.78 is 21.6. The third-order valence-electron chi connectivity index (χ3n) is 13.2. The summed E-state index contributed by atoms with van der Waals surface area (Å²) in [5.41, 5.74) is 6.51. The minimum atomic E-state index is -0.741. The highest BCUT2D eigenvalue weighted by Crippen LogP contribution is 2.44. The normalized spacial score (nSPS) is 20.8. The molecule has 2 saturated heterocycles. The average Bonchev–Trinajstić information content (AvgIpc) is 4.11. The zero-order valence-corrected chi connectivity index (χ0v) is 37.2. The molecule has 0 aliphatic carbocycles. The van der Waals surface area contributed by atoms with Crippen molar-refractivity contribution in [3.05, 3.63) is 65.9 Å². The Hall–Kier alpha value is -6.16. The van der Waals surface area contributed by atoms with E-state index in [0.29, 0.717) is 44.2 Å². The van der Waals surface area contributed by atoms with Crippen molar-refractivity contribution >= 4 is 45.8 Å². The summed E-state index contributed by atoms with van der Waals surface area (Å²) in [5, 5.41) is 7.46. The van der Waals surface area contributed by atoms with E-state index in [1.165, 1.54) is 14.2 Å². The van der Waals surface area contributed by atoms with Crippen LogP contribution in [-0.2, 0) is 30.4 Å². The van der Waals surface area contributed by atoms with Gasteiger partial charge >= 0.3 is 12.2 Å². The Morgan fingerprint density at radius 1 is 0.889 bits per heavy atom. The summed E-state index contributed by atoms with van der Waals surface area (Å²) in [5.74, 6) is 1.68. The van der Waals surface area contributed by atoms with Crippen LogP contribution in [-0.4, -0.2) is 106 Å². The highest BCUT2D eigenvalue weighted by Gasteiger charge is 2.43. The molecule has 3 aliphatic heterocycles. The van der Waals surface area contributed by atoms with Crippen LogP contribution in [0.4, 0.5) is 9.59 Å². The van der Waals surface area contributed by atoms with E-state index in [0.717, 1.165) is 68.3 Å². The number of alkyl carbamates (subject to hydrolysis) is 2. The number of nitrogens with one attached hydrogen (secondary N) is 4. The van der Waals surface area contributed by atoms with Crippen LogP contribution in [0.3, 0.4) is 0 Å². The number of benzene rings is 3. The third-order valence-corrected chi connectivity index (χ3v) is 13.2. The summed E-state index contributed by atoms with van der Waals surface area (Å²) in [6, 6.07) is 12.5. The lowest BCUT2D eigenvalue weighted by Crippen LogP contribution is -2.52. The first-order valence-corrected chi connectivity index (χ1v) is 21.9. The van der Waals surface area contributed by atoms with Crippen LogP contribution in [0, 0.1) is 17.8 Å². The number of hydrogen-bond acceptors (Lipinski definition) is 10. The first-order valence-electron chi connectivity index (χ1n) is 21.9. The molecule has 5 aromatic rings. The summed E-state index contributed by atoms with van der Waals surface area (Å²) in [4.78, 5) is 73.2. The Morgan fingerprint density at radius 3 is 2.37 bits per heavy atom. The molecule has 334 valence electrons. The van der Waals surface area contributed by atoms with Gasteiger partial charge in [-0.05, 0) is 84.4 Å². The van der Waals surface area contributed by atoms with Crippen molar-refractivity contribution in [1.82, 2.24) is 40.4 Å². The molecule has 0 saturated carbocycles. The highest BCUT2D eigenvalue weighted by molar-refractivity contribution is 6.07. The average molecular weight is 863 g/mol. The van der Waals surface area contributed by atoms with Crippen molar-refractivity contribution in [2.24, 2.45) is 17.8 Å². The first kappa shape index (κ1) is 43.5. The summed E-state index contributed by atoms with van der Waals surface area (Å²) in [6.45, 7) is 11.1. The predicted octanol–water partition coefficient (Wildman–Crippen LogP) is 7.40. The van der Waals surface area contributed by atoms with Crippen LogP contribution in [0.2, 0.25) is 0 Å². The van der Waals surface area contributed by atoms with Crippen molar-refractivity contribution in [1.29, 1.82) is 0 Å². The minimum absolute atomic E-state index is 0.0303. The van der Waals surface area contributed by atoms with Crippen LogP contribution >= 0.6 is 0 Å². The predicted molar refractivity (Wildman–Crippen MR) is 237 cm³/mol. The highest BCUT2D eigenvalue weighted by atomic mass is 16.5. The van der Waals surface area contributed by atoms with E-state index in [4.69, 9.17) is 28.9 Å². The molecule has 5 heterocycles. The molecular weight excluding hydrogens is 805 g/mol. The smallest absolute Gasteiger partial charge is 0.407 e. The number of aromatic nitrogens is 4. The van der Waals surface area contributed by atoms with Crippen LogP contribution < -0.4 is 15.4 Å². The Bertz CT molecular complexity index is 2530. The molecule has 4 N–H and O–H groups in total. The van der Waals surface area contributed by atoms with Gasteiger partial charge in [0.25, 0.3) is 0 Å². The number of H-pyrrole nitrogens is 2. The summed E-state index contributed by atoms with van der Waals surface area (Å²) >= 11 is 0. The molecule has 4 amide bonds. The number of imidazole rings is 2. The molecule has 16 nitrogen and oxygen atoms in total. The van der Waals surface area contributed by atoms with Crippen molar-refractivity contribution < 1.29 is 38.1 Å². The molecule has 2 fully saturated rings. The number of likely N-dealkylation sites (tertiary alicyclic amines) is 2. The molecule has 3 aliphatic rings. The zero-order chi connectivity index (χ0) is 44.7. The molecule has 0 radical (unpaired) electrons. The van der Waals surface area contributed by atoms with Crippen molar-refractivity contribution in [2.45, 2.75) is 97.1 Å². The minimum Gasteiger partial charge on any atom is -0.488 e. The lowest BCUT2D eigenvalue weighted by atomic mass is 9.92. The molecule has 8 rings (SSSR count). The fourth-order valence-electron chi connectivity index (χ4n) is 9.60. The number of fused-ring (bicyclic) bond motifs is 6. The van der Waals surface area contributed by atoms with Gasteiger partial charge in [0.15, 0.2) is 0 Å². The number of nitrogens with zero attached hydrogens (tertiary/aromatic N) is 4. The number of hydrogen-bond donors (Lipinski definition) is 4. The Morgan fingerprint density at radius 2 is 1.65 bits per heavy atom. The Kier molecular flexibility index (Phi) is 12.4. The van der Waals surface area contributed by atoms with Crippen molar-refractivity contribution in [3.8, 4) is 28.1 Å². The number of methoxy groups -OCH3 is 3. The van der Waals surface area contributed by atoms with E-state index in [2.05, 4.69) is 57.0 Å². The van der Waals surface area contributed by atoms with Gasteiger partial charge in [0.2, 0.25) is 11.8 Å². The Labute approximate surface area is 366 Å². The fraction of sp³-hybridized carbons (Fsp3) is 0.489. The topological polar surface area (TPSA) is 193 Å². The maximum absolute atomic E-state index is 14.1. The molecule has 3 aromatic carbocycles. The monoisotopic (exact) mass is 862 g/mol. The van der Waals surface area contributed by atoms with E-state index in [9.17, 15) is 19.2 Å². The van der Waals surface area contributed by atoms with Crippen LogP contribution in [0.25, 0.3) is 44.2 Å². The molecular formula is C47H58N8O8. The van der Waals surface area contributed by atoms with Crippen LogP contribution in [0.1, 0.15) is 89.6 Å². The first-order chi connectivity index (χ1) is 30.3. The molecule has 0 spiro atoms. The van der Waals surface area contributed by atoms with Gasteiger partial charge in [-0.25, -0.2) is 19.6 Å². The van der Waals surface area contributed by atoms with Gasteiger partial charge in [0.05, 0.1) is 55.8 Å². The number of carbonyl (C=O) groups excluding carboxylic acids is 4. The van der Waals surface area contributed by atoms with E-state index in [1.54, 1.807) is 13.3 Å². The van der Waals surface area contributed by atoms with Gasteiger partial charge in [-0.15, -0.1) is 0 Å². The van der Waals surface area contributed by atoms with E-state index in [1.807, 2.05) is 50.5 Å². The van der Waals surface area contributed by atoms with Crippen LogP contribution in [0.15, 0.2) is 48.7 Å². The van der Waals surface area contributed by atoms with Crippen molar-refractivity contribution in [3.63, 3.8) is 0 Å². The molecule has 7 unspecified atom stereocenters. The van der Waals surface area contributed by atoms with Gasteiger partial charge in [0, 0.05) is 36.6 Å². The standard InChI is InChI=1S/C47H58N8O8/c1-9-25(4)40(53-47(59)62-8)44(56)54-21-27(22-60-6)16-37(54)42-48-20-35(50-42)29-11-13-31-30(17-29)23-63-38-19-32-28(18-33(31)38)12-14-34-41(32)51-43(49-34)36-15-10-26(5)55(36)45(57)39(24(2)3)52-46(58)61-7/h11-14,17-20,24-27,36-37,39-40H,9-10,15-16,21-23H2,1-8H3,(H,48,50)(H,49,51)(H,52,58)(H,53,59). The maximum Gasteiger partial charge on any atom is 0.407 e. The lowest BCUT2D eigenvalue weighted by molar-refractivity contribution is -0.137. The van der Waals surface area contributed by atoms with Crippen LogP contribution in [0.5, 0.6) is 5.75 Å². The quantitative estimate of drug-likeness (QED) is 0.0982. The number of aromatic amines is 2. The summed E-state index contributed by atoms with van der Waals surface area (Å²) in [7, 11) is 4.25. The number of carbonyl (C=O) groups is 4. The second-order valence-electron chi connectivity index (χ2n) is 17.6. The van der Waals surface area contributed by atoms with E-state index < -0.39 is 24.3 Å². The maximum atomic E-state index is 14.1. The fourth-order valence-corrected chi connectivity index (χ4v) is 9.60. The second kappa shape index (κ2) is 17.9. The lowest BCUT2D eigenvalue weighted by Gasteiger charge is -2.32. The van der Waals surface area contributed by atoms with Gasteiger partial charge in [-0.1, -0.05) is 52.3 Å². The third kappa shape index (κ3) is 8.28. The van der Waals surface area contributed by atoms with Gasteiger partial charge in [-0.2, -0.15) is 0 Å². The van der Waals surface area contributed by atoms with Crippen molar-refractivity contribution in [2.75, 3.05) is 34.5 Å². The molecule has 63 heavy (non-hydrogen) atoms. The zero-order valence-electron chi connectivity index (χ0n) is 37.2. The largest absolute Gasteiger partial charge is 0.488 e. The Balaban J connectivity index is 1.05. The van der Waals surface area contributed by atoms with Gasteiger partial charge in [0.1, 0.15) is 36.1 Å². The second-order valence-corrected chi connectivity index (χ2v) is 17.6. The van der Waals surface area contributed by atoms with E-state index in [-0.39, 0.29) is 47.7 Å². The SMILES string of the molecule is CCC(C)C(NC(=O)OC)C(=O)N1CC(COC)CC1c1ncc(-c2ccc3c(c2)COc2cc4c(ccc5[nH]c(C6CCC(C)N6C(=O)C(NC(=O)OC)C(C)C)nc54)cc2-3)[nH]1. The molecule has 0 bridgehead atoms.